The monoisotopic (exact) mass is 284 g/mol. The Morgan fingerprint density at radius 2 is 1.62 bits per heavy atom. The maximum absolute atomic E-state index is 8.48. The van der Waals surface area contributed by atoms with E-state index in [-0.39, 0.29) is 13.2 Å². The summed E-state index contributed by atoms with van der Waals surface area (Å²) in [5.41, 5.74) is 0. The first-order valence-corrected chi connectivity index (χ1v) is 5.74. The largest absolute Gasteiger partial charge is 0.488 e. The van der Waals surface area contributed by atoms with Gasteiger partial charge in [0.25, 0.3) is 0 Å². The molecule has 90 valence electrons. The topological polar surface area (TPSA) is 38.7 Å². The summed E-state index contributed by atoms with van der Waals surface area (Å²) < 4.78 is 10.4. The van der Waals surface area contributed by atoms with Crippen LogP contribution in [0.5, 0.6) is 5.75 Å². The second-order valence-electron chi connectivity index (χ2n) is 2.88. The van der Waals surface area contributed by atoms with Crippen molar-refractivity contribution in [2.45, 2.75) is 0 Å². The van der Waals surface area contributed by atoms with Crippen molar-refractivity contribution in [3.63, 3.8) is 0 Å². The molecule has 16 heavy (non-hydrogen) atoms. The number of benzene rings is 1. The predicted octanol–water partition coefficient (Wildman–Crippen LogP) is 3.03. The Kier molecular flexibility index (Phi) is 6.24. The molecule has 0 atom stereocenters. The molecule has 3 nitrogen and oxygen atoms in total. The number of halogens is 3. The Balaban J connectivity index is 2.47. The lowest BCUT2D eigenvalue weighted by Gasteiger charge is -2.10. The first-order valence-electron chi connectivity index (χ1n) is 4.61. The molecular weight excluding hydrogens is 274 g/mol. The first kappa shape index (κ1) is 13.9. The van der Waals surface area contributed by atoms with Crippen LogP contribution < -0.4 is 4.74 Å². The van der Waals surface area contributed by atoms with Gasteiger partial charge in [0.2, 0.25) is 0 Å². The third-order valence-corrected chi connectivity index (χ3v) is 2.45. The van der Waals surface area contributed by atoms with Gasteiger partial charge >= 0.3 is 0 Å². The fourth-order valence-corrected chi connectivity index (χ4v) is 1.96. The van der Waals surface area contributed by atoms with Crippen LogP contribution >= 0.6 is 34.8 Å². The Hall–Kier alpha value is -0.190. The van der Waals surface area contributed by atoms with Crippen molar-refractivity contribution >= 4 is 34.8 Å². The minimum atomic E-state index is -0.0115. The van der Waals surface area contributed by atoms with Crippen LogP contribution in [0.25, 0.3) is 0 Å². The van der Waals surface area contributed by atoms with E-state index < -0.39 is 0 Å². The Bertz CT molecular complexity index is 321. The molecule has 0 saturated carbocycles. The van der Waals surface area contributed by atoms with Crippen molar-refractivity contribution in [1.82, 2.24) is 0 Å². The quantitative estimate of drug-likeness (QED) is 0.817. The zero-order valence-corrected chi connectivity index (χ0v) is 10.6. The molecule has 0 unspecified atom stereocenters. The number of hydrogen-bond acceptors (Lipinski definition) is 3. The molecule has 1 rings (SSSR count). The van der Waals surface area contributed by atoms with Gasteiger partial charge in [0, 0.05) is 5.02 Å². The summed E-state index contributed by atoms with van der Waals surface area (Å²) >= 11 is 17.5. The Morgan fingerprint density at radius 1 is 1.00 bits per heavy atom. The van der Waals surface area contributed by atoms with E-state index in [0.717, 1.165) is 0 Å². The molecule has 6 heteroatoms. The molecule has 1 N–H and O–H groups in total. The summed E-state index contributed by atoms with van der Waals surface area (Å²) in [6.07, 6.45) is 0. The Morgan fingerprint density at radius 3 is 2.19 bits per heavy atom. The summed E-state index contributed by atoms with van der Waals surface area (Å²) in [6, 6.07) is 3.11. The average molecular weight is 286 g/mol. The van der Waals surface area contributed by atoms with Crippen molar-refractivity contribution in [3.8, 4) is 5.75 Å². The van der Waals surface area contributed by atoms with E-state index in [1.54, 1.807) is 12.1 Å². The van der Waals surface area contributed by atoms with E-state index in [4.69, 9.17) is 49.4 Å². The number of aliphatic hydroxyl groups is 1. The lowest BCUT2D eigenvalue weighted by molar-refractivity contribution is 0.0705. The molecule has 0 heterocycles. The lowest BCUT2D eigenvalue weighted by Crippen LogP contribution is -2.09. The van der Waals surface area contributed by atoms with E-state index in [2.05, 4.69) is 0 Å². The highest BCUT2D eigenvalue weighted by atomic mass is 35.5. The predicted molar refractivity (Wildman–Crippen MR) is 64.9 cm³/mol. The molecule has 0 saturated heterocycles. The van der Waals surface area contributed by atoms with Crippen LogP contribution in [0.2, 0.25) is 15.1 Å². The molecule has 0 bridgehead atoms. The van der Waals surface area contributed by atoms with Gasteiger partial charge in [-0.15, -0.1) is 0 Å². The van der Waals surface area contributed by atoms with E-state index in [1.165, 1.54) is 0 Å². The van der Waals surface area contributed by atoms with Gasteiger partial charge in [0.1, 0.15) is 6.61 Å². The minimum absolute atomic E-state index is 0.0115. The third kappa shape index (κ3) is 4.36. The molecule has 0 radical (unpaired) electrons. The zero-order valence-electron chi connectivity index (χ0n) is 8.38. The van der Waals surface area contributed by atoms with Crippen molar-refractivity contribution in [2.75, 3.05) is 26.4 Å². The summed E-state index contributed by atoms with van der Waals surface area (Å²) in [5, 5.41) is 9.66. The third-order valence-electron chi connectivity index (χ3n) is 1.67. The van der Waals surface area contributed by atoms with Gasteiger partial charge in [-0.25, -0.2) is 0 Å². The molecule has 0 spiro atoms. The molecule has 0 amide bonds. The molecule has 0 fully saturated rings. The standard InChI is InChI=1S/C10H11Cl3O3/c11-7-5-8(12)10(9(13)6-7)16-4-3-15-2-1-14/h5-6,14H,1-4H2. The van der Waals surface area contributed by atoms with Gasteiger partial charge in [-0.1, -0.05) is 34.8 Å². The van der Waals surface area contributed by atoms with Crippen LogP contribution in [-0.4, -0.2) is 31.5 Å². The maximum atomic E-state index is 8.48. The van der Waals surface area contributed by atoms with Gasteiger partial charge in [0.15, 0.2) is 5.75 Å². The fraction of sp³-hybridized carbons (Fsp3) is 0.400. The highest BCUT2D eigenvalue weighted by molar-refractivity contribution is 6.40. The van der Waals surface area contributed by atoms with E-state index in [9.17, 15) is 0 Å². The molecule has 0 aliphatic carbocycles. The van der Waals surface area contributed by atoms with Crippen molar-refractivity contribution in [1.29, 1.82) is 0 Å². The second kappa shape index (κ2) is 7.20. The summed E-state index contributed by atoms with van der Waals surface area (Å²) in [5.74, 6) is 0.389. The summed E-state index contributed by atoms with van der Waals surface area (Å²) in [7, 11) is 0. The fourth-order valence-electron chi connectivity index (χ4n) is 1.04. The average Bonchev–Trinajstić information content (AvgIpc) is 2.20. The van der Waals surface area contributed by atoms with Crippen LogP contribution in [0.1, 0.15) is 0 Å². The SMILES string of the molecule is OCCOCCOc1c(Cl)cc(Cl)cc1Cl. The molecular formula is C10H11Cl3O3. The molecule has 1 aromatic carbocycles. The van der Waals surface area contributed by atoms with Crippen molar-refractivity contribution < 1.29 is 14.6 Å². The molecule has 0 aliphatic heterocycles. The van der Waals surface area contributed by atoms with Crippen LogP contribution in [0.15, 0.2) is 12.1 Å². The van der Waals surface area contributed by atoms with E-state index >= 15 is 0 Å². The Labute approximate surface area is 109 Å². The van der Waals surface area contributed by atoms with Gasteiger partial charge in [0.05, 0.1) is 29.9 Å². The van der Waals surface area contributed by atoms with E-state index in [1.807, 2.05) is 0 Å². The van der Waals surface area contributed by atoms with Gasteiger partial charge in [-0.2, -0.15) is 0 Å². The van der Waals surface area contributed by atoms with Gasteiger partial charge < -0.3 is 14.6 Å². The highest BCUT2D eigenvalue weighted by Crippen LogP contribution is 2.35. The van der Waals surface area contributed by atoms with Gasteiger partial charge in [-0.3, -0.25) is 0 Å². The zero-order chi connectivity index (χ0) is 12.0. The summed E-state index contributed by atoms with van der Waals surface area (Å²) in [6.45, 7) is 0.935. The second-order valence-corrected chi connectivity index (χ2v) is 4.13. The number of ether oxygens (including phenoxy) is 2. The van der Waals surface area contributed by atoms with Crippen molar-refractivity contribution in [3.05, 3.63) is 27.2 Å². The first-order chi connectivity index (χ1) is 7.65. The number of aliphatic hydroxyl groups excluding tert-OH is 1. The van der Waals surface area contributed by atoms with Crippen LogP contribution in [0.3, 0.4) is 0 Å². The maximum Gasteiger partial charge on any atom is 0.156 e. The molecule has 0 aromatic heterocycles. The highest BCUT2D eigenvalue weighted by Gasteiger charge is 2.08. The normalized spacial score (nSPS) is 10.5. The minimum Gasteiger partial charge on any atom is -0.488 e. The van der Waals surface area contributed by atoms with Gasteiger partial charge in [-0.05, 0) is 12.1 Å². The lowest BCUT2D eigenvalue weighted by atomic mass is 10.3. The smallest absolute Gasteiger partial charge is 0.156 e. The van der Waals surface area contributed by atoms with Crippen LogP contribution in [0.4, 0.5) is 0 Å². The number of rotatable bonds is 6. The number of hydrogen-bond donors (Lipinski definition) is 1. The molecule has 1 aromatic rings. The molecule has 0 aliphatic rings. The summed E-state index contributed by atoms with van der Waals surface area (Å²) in [4.78, 5) is 0. The van der Waals surface area contributed by atoms with Crippen LogP contribution in [0, 0.1) is 0 Å². The van der Waals surface area contributed by atoms with Crippen LogP contribution in [-0.2, 0) is 4.74 Å². The van der Waals surface area contributed by atoms with Crippen molar-refractivity contribution in [2.24, 2.45) is 0 Å². The van der Waals surface area contributed by atoms with E-state index in [0.29, 0.717) is 34.0 Å².